The van der Waals surface area contributed by atoms with Crippen molar-refractivity contribution in [3.8, 4) is 33.6 Å². The van der Waals surface area contributed by atoms with E-state index in [1.807, 2.05) is 60.8 Å². The molecule has 0 bridgehead atoms. The SMILES string of the molecule is CC1(C)c2ccccc2-c2cc3c(cc21)c(=O)n(-c1ccccc1)c(=O)c1cc2c(cc13)c1ccccc1n2-c1ccc(-c2cccnc2)cc1. The summed E-state index contributed by atoms with van der Waals surface area (Å²) >= 11 is 0. The molecule has 0 atom stereocenters. The maximum absolute atomic E-state index is 14.9. The first-order valence-electron chi connectivity index (χ1n) is 17.2. The molecule has 3 heterocycles. The van der Waals surface area contributed by atoms with Gasteiger partial charge in [0, 0.05) is 39.7 Å². The van der Waals surface area contributed by atoms with E-state index in [1.165, 1.54) is 10.1 Å². The first kappa shape index (κ1) is 29.3. The highest BCUT2D eigenvalue weighted by Crippen LogP contribution is 2.50. The third kappa shape index (κ3) is 4.18. The van der Waals surface area contributed by atoms with E-state index in [4.69, 9.17) is 0 Å². The van der Waals surface area contributed by atoms with Gasteiger partial charge in [-0.3, -0.25) is 14.6 Å². The molecule has 0 radical (unpaired) electrons. The number of aromatic nitrogens is 3. The first-order valence-corrected chi connectivity index (χ1v) is 17.2. The zero-order valence-electron chi connectivity index (χ0n) is 28.1. The lowest BCUT2D eigenvalue weighted by Gasteiger charge is -2.21. The van der Waals surface area contributed by atoms with Crippen molar-refractivity contribution in [2.45, 2.75) is 19.3 Å². The molecule has 0 amide bonds. The number of nitrogens with zero attached hydrogens (tertiary/aromatic N) is 3. The second-order valence-electron chi connectivity index (χ2n) is 14.0. The number of benzene rings is 6. The summed E-state index contributed by atoms with van der Waals surface area (Å²) in [5.74, 6) is 0. The molecule has 0 fully saturated rings. The van der Waals surface area contributed by atoms with Crippen molar-refractivity contribution in [1.29, 1.82) is 0 Å². The number of fused-ring (bicyclic) bond motifs is 9. The maximum Gasteiger partial charge on any atom is 0.266 e. The summed E-state index contributed by atoms with van der Waals surface area (Å²) in [6.07, 6.45) is 3.64. The second kappa shape index (κ2) is 10.7. The molecular weight excluding hydrogens is 627 g/mol. The lowest BCUT2D eigenvalue weighted by molar-refractivity contribution is 0.661. The lowest BCUT2D eigenvalue weighted by Crippen LogP contribution is -2.28. The van der Waals surface area contributed by atoms with E-state index < -0.39 is 0 Å². The van der Waals surface area contributed by atoms with Crippen molar-refractivity contribution in [3.63, 3.8) is 0 Å². The van der Waals surface area contributed by atoms with Gasteiger partial charge in [-0.05, 0) is 105 Å². The maximum atomic E-state index is 14.9. The van der Waals surface area contributed by atoms with E-state index in [-0.39, 0.29) is 16.5 Å². The highest BCUT2D eigenvalue weighted by Gasteiger charge is 2.36. The predicted octanol–water partition coefficient (Wildman–Crippen LogP) is 9.97. The zero-order valence-corrected chi connectivity index (χ0v) is 28.1. The molecule has 51 heavy (non-hydrogen) atoms. The van der Waals surface area contributed by atoms with Gasteiger partial charge in [0.05, 0.1) is 22.1 Å². The Labute approximate surface area is 293 Å². The fraction of sp³-hybridized carbons (Fsp3) is 0.0652. The van der Waals surface area contributed by atoms with Crippen LogP contribution in [0.15, 0.2) is 162 Å². The quantitative estimate of drug-likeness (QED) is 0.190. The van der Waals surface area contributed by atoms with Gasteiger partial charge in [-0.25, -0.2) is 4.57 Å². The van der Waals surface area contributed by atoms with Crippen LogP contribution in [0.5, 0.6) is 0 Å². The van der Waals surface area contributed by atoms with Crippen molar-refractivity contribution < 1.29 is 0 Å². The Morgan fingerprint density at radius 1 is 0.471 bits per heavy atom. The number of pyridine rings is 1. The van der Waals surface area contributed by atoms with E-state index in [0.717, 1.165) is 66.1 Å². The lowest BCUT2D eigenvalue weighted by atomic mass is 9.82. The zero-order chi connectivity index (χ0) is 34.4. The Morgan fingerprint density at radius 3 is 1.94 bits per heavy atom. The second-order valence-corrected chi connectivity index (χ2v) is 14.0. The van der Waals surface area contributed by atoms with Crippen LogP contribution in [0.2, 0.25) is 0 Å². The van der Waals surface area contributed by atoms with Gasteiger partial charge in [0.25, 0.3) is 11.1 Å². The van der Waals surface area contributed by atoms with Gasteiger partial charge in [-0.15, -0.1) is 0 Å². The highest BCUT2D eigenvalue weighted by molar-refractivity contribution is 6.18. The molecule has 0 aliphatic heterocycles. The fourth-order valence-corrected chi connectivity index (χ4v) is 8.32. The van der Waals surface area contributed by atoms with E-state index in [0.29, 0.717) is 16.5 Å². The van der Waals surface area contributed by atoms with Gasteiger partial charge in [0.15, 0.2) is 0 Å². The first-order chi connectivity index (χ1) is 24.9. The number of hydrogen-bond donors (Lipinski definition) is 0. The van der Waals surface area contributed by atoms with Gasteiger partial charge >= 0.3 is 0 Å². The van der Waals surface area contributed by atoms with Crippen LogP contribution in [-0.4, -0.2) is 14.1 Å². The molecule has 10 rings (SSSR count). The van der Waals surface area contributed by atoms with Crippen molar-refractivity contribution >= 4 is 43.4 Å². The van der Waals surface area contributed by atoms with Crippen LogP contribution in [0.4, 0.5) is 0 Å². The normalized spacial score (nSPS) is 13.2. The Kier molecular flexibility index (Phi) is 6.16. The topological polar surface area (TPSA) is 56.9 Å². The van der Waals surface area contributed by atoms with Gasteiger partial charge in [0.2, 0.25) is 0 Å². The van der Waals surface area contributed by atoms with E-state index in [9.17, 15) is 9.59 Å². The number of hydrogen-bond acceptors (Lipinski definition) is 3. The van der Waals surface area contributed by atoms with E-state index in [2.05, 4.69) is 108 Å². The highest BCUT2D eigenvalue weighted by atomic mass is 16.2. The van der Waals surface area contributed by atoms with Crippen molar-refractivity contribution in [1.82, 2.24) is 14.1 Å². The molecule has 0 spiro atoms. The van der Waals surface area contributed by atoms with Gasteiger partial charge in [-0.2, -0.15) is 0 Å². The van der Waals surface area contributed by atoms with Crippen LogP contribution in [0.1, 0.15) is 25.0 Å². The third-order valence-corrected chi connectivity index (χ3v) is 10.8. The molecule has 9 aromatic rings. The standard InChI is InChI=1S/C46H31N3O2/c1-46(2)40-16-8-6-14-32(40)36-23-34-35-24-37-33-15-7-9-17-42(33)48(31-20-18-28(19-21-31)29-11-10-22-47-27-29)43(37)26-39(35)45(51)49(30-12-4-3-5-13-30)44(50)38(34)25-41(36)46/h3-27H,1-2H3. The van der Waals surface area contributed by atoms with Crippen LogP contribution >= 0.6 is 0 Å². The smallest absolute Gasteiger partial charge is 0.266 e. The number of rotatable bonds is 3. The predicted molar refractivity (Wildman–Crippen MR) is 208 cm³/mol. The Hall–Kier alpha value is -6.59. The minimum Gasteiger partial charge on any atom is -0.309 e. The molecule has 0 saturated carbocycles. The van der Waals surface area contributed by atoms with Crippen LogP contribution < -0.4 is 11.1 Å². The fourth-order valence-electron chi connectivity index (χ4n) is 8.32. The van der Waals surface area contributed by atoms with Crippen LogP contribution in [0.3, 0.4) is 0 Å². The minimum absolute atomic E-state index is 0.304. The Bertz CT molecular complexity index is 3010. The molecule has 242 valence electrons. The average molecular weight is 658 g/mol. The molecule has 3 aromatic heterocycles. The summed E-state index contributed by atoms with van der Waals surface area (Å²) in [5, 5.41) is 4.63. The Balaban J connectivity index is 1.35. The molecular formula is C46H31N3O2. The summed E-state index contributed by atoms with van der Waals surface area (Å²) in [6, 6.07) is 46.8. The van der Waals surface area contributed by atoms with Gasteiger partial charge < -0.3 is 4.57 Å². The molecule has 1 aliphatic carbocycles. The van der Waals surface area contributed by atoms with E-state index >= 15 is 0 Å². The summed E-state index contributed by atoms with van der Waals surface area (Å²) in [6.45, 7) is 4.42. The summed E-state index contributed by atoms with van der Waals surface area (Å²) < 4.78 is 3.57. The monoisotopic (exact) mass is 657 g/mol. The summed E-state index contributed by atoms with van der Waals surface area (Å²) in [4.78, 5) is 34.0. The molecule has 0 N–H and O–H groups in total. The Morgan fingerprint density at radius 2 is 1.16 bits per heavy atom. The van der Waals surface area contributed by atoms with Crippen molar-refractivity contribution in [3.05, 3.63) is 184 Å². The van der Waals surface area contributed by atoms with Crippen LogP contribution in [-0.2, 0) is 5.41 Å². The number of para-hydroxylation sites is 2. The third-order valence-electron chi connectivity index (χ3n) is 10.8. The molecule has 5 nitrogen and oxygen atoms in total. The molecule has 0 unspecified atom stereocenters. The van der Waals surface area contributed by atoms with Crippen molar-refractivity contribution in [2.24, 2.45) is 0 Å². The molecule has 6 aromatic carbocycles. The van der Waals surface area contributed by atoms with Crippen LogP contribution in [0.25, 0.3) is 77.0 Å². The van der Waals surface area contributed by atoms with Gasteiger partial charge in [0.1, 0.15) is 0 Å². The van der Waals surface area contributed by atoms with Gasteiger partial charge in [-0.1, -0.05) is 92.7 Å². The molecule has 0 saturated heterocycles. The summed E-state index contributed by atoms with van der Waals surface area (Å²) in [5.41, 5.74) is 9.19. The molecule has 1 aliphatic rings. The van der Waals surface area contributed by atoms with Crippen LogP contribution in [0, 0.1) is 0 Å². The van der Waals surface area contributed by atoms with Crippen molar-refractivity contribution in [2.75, 3.05) is 0 Å². The average Bonchev–Trinajstić information content (AvgIpc) is 3.59. The minimum atomic E-state index is -0.345. The largest absolute Gasteiger partial charge is 0.309 e. The molecule has 5 heteroatoms. The summed E-state index contributed by atoms with van der Waals surface area (Å²) in [7, 11) is 0. The van der Waals surface area contributed by atoms with E-state index in [1.54, 1.807) is 6.20 Å².